The van der Waals surface area contributed by atoms with E-state index in [0.717, 1.165) is 71.0 Å². The van der Waals surface area contributed by atoms with Crippen LogP contribution < -0.4 is 10.2 Å². The van der Waals surface area contributed by atoms with E-state index in [0.29, 0.717) is 17.9 Å². The first kappa shape index (κ1) is 24.3. The molecular weight excluding hydrogens is 503 g/mol. The number of likely N-dealkylation sites (N-methyl/N-ethyl adjacent to an activating group) is 2. The Kier molecular flexibility index (Phi) is 8.58. The number of piperazine rings is 1. The topological polar surface area (TPSA) is 54.4 Å². The minimum Gasteiger partial charge on any atom is -0.354 e. The fourth-order valence-corrected chi connectivity index (χ4v) is 5.02. The average Bonchev–Trinajstić information content (AvgIpc) is 3.33. The molecule has 3 aliphatic rings. The molecule has 1 N–H and O–H groups in total. The van der Waals surface area contributed by atoms with Crippen molar-refractivity contribution in [3.05, 3.63) is 29.8 Å². The Hall–Kier alpha value is -1.39. The monoisotopic (exact) mass is 540 g/mol. The van der Waals surface area contributed by atoms with E-state index in [1.54, 1.807) is 0 Å². The minimum atomic E-state index is 0. The molecule has 0 spiro atoms. The van der Waals surface area contributed by atoms with Crippen LogP contribution in [0.25, 0.3) is 0 Å². The van der Waals surface area contributed by atoms with E-state index in [1.165, 1.54) is 11.3 Å². The fourth-order valence-electron chi connectivity index (χ4n) is 5.02. The zero-order valence-electron chi connectivity index (χ0n) is 19.1. The number of para-hydroxylation sites is 1. The molecule has 0 saturated carbocycles. The van der Waals surface area contributed by atoms with Gasteiger partial charge < -0.3 is 20.0 Å². The number of fused-ring (bicyclic) bond motifs is 1. The molecule has 2 saturated heterocycles. The Bertz CT molecular complexity index is 787. The van der Waals surface area contributed by atoms with Crippen LogP contribution in [0.4, 0.5) is 5.69 Å². The van der Waals surface area contributed by atoms with E-state index in [9.17, 15) is 4.79 Å². The maximum absolute atomic E-state index is 12.0. The highest BCUT2D eigenvalue weighted by Gasteiger charge is 2.32. The van der Waals surface area contributed by atoms with Gasteiger partial charge >= 0.3 is 0 Å². The van der Waals surface area contributed by atoms with Gasteiger partial charge in [-0.15, -0.1) is 24.0 Å². The highest BCUT2D eigenvalue weighted by atomic mass is 127. The summed E-state index contributed by atoms with van der Waals surface area (Å²) in [6.07, 6.45) is 2.73. The number of benzene rings is 1. The van der Waals surface area contributed by atoms with Crippen LogP contribution in [-0.4, -0.2) is 99.6 Å². The van der Waals surface area contributed by atoms with E-state index < -0.39 is 0 Å². The molecule has 0 aromatic heterocycles. The van der Waals surface area contributed by atoms with Gasteiger partial charge in [0.05, 0.1) is 0 Å². The van der Waals surface area contributed by atoms with Crippen LogP contribution in [0.3, 0.4) is 0 Å². The van der Waals surface area contributed by atoms with Crippen molar-refractivity contribution in [2.45, 2.75) is 31.2 Å². The number of amides is 1. The second-order valence-electron chi connectivity index (χ2n) is 8.96. The highest BCUT2D eigenvalue weighted by molar-refractivity contribution is 14.0. The van der Waals surface area contributed by atoms with Crippen LogP contribution in [-0.2, 0) is 4.79 Å². The number of nitrogens with zero attached hydrogens (tertiary/aromatic N) is 5. The summed E-state index contributed by atoms with van der Waals surface area (Å²) < 4.78 is 0. The molecule has 1 aromatic carbocycles. The third kappa shape index (κ3) is 5.51. The summed E-state index contributed by atoms with van der Waals surface area (Å²) in [5, 5.41) is 3.64. The first-order chi connectivity index (χ1) is 14.6. The SMILES string of the molecule is CN=C(NCC1CN(C)CCN1C)N1CC(CCN2CCCC2=O)c2ccccc21.I. The quantitative estimate of drug-likeness (QED) is 0.352. The molecule has 0 aliphatic carbocycles. The van der Waals surface area contributed by atoms with Gasteiger partial charge in [-0.05, 0) is 38.6 Å². The molecule has 0 radical (unpaired) electrons. The molecule has 172 valence electrons. The Morgan fingerprint density at radius 2 is 1.97 bits per heavy atom. The summed E-state index contributed by atoms with van der Waals surface area (Å²) in [6, 6.07) is 9.15. The van der Waals surface area contributed by atoms with E-state index in [4.69, 9.17) is 0 Å². The second kappa shape index (κ2) is 11.0. The van der Waals surface area contributed by atoms with Gasteiger partial charge in [-0.1, -0.05) is 18.2 Å². The zero-order valence-corrected chi connectivity index (χ0v) is 21.4. The second-order valence-corrected chi connectivity index (χ2v) is 8.96. The fraction of sp³-hybridized carbons (Fsp3) is 0.652. The van der Waals surface area contributed by atoms with Crippen LogP contribution in [0, 0.1) is 0 Å². The first-order valence-electron chi connectivity index (χ1n) is 11.3. The summed E-state index contributed by atoms with van der Waals surface area (Å²) in [4.78, 5) is 25.8. The molecule has 1 amide bonds. The molecule has 2 fully saturated rings. The van der Waals surface area contributed by atoms with Crippen molar-refractivity contribution >= 4 is 41.5 Å². The predicted molar refractivity (Wildman–Crippen MR) is 138 cm³/mol. The number of carbonyl (C=O) groups excluding carboxylic acids is 1. The number of halogens is 1. The number of guanidine groups is 1. The number of carbonyl (C=O) groups is 1. The Morgan fingerprint density at radius 1 is 1.16 bits per heavy atom. The minimum absolute atomic E-state index is 0. The largest absolute Gasteiger partial charge is 0.354 e. The van der Waals surface area contributed by atoms with Gasteiger partial charge in [0.15, 0.2) is 5.96 Å². The lowest BCUT2D eigenvalue weighted by atomic mass is 9.98. The standard InChI is InChI=1S/C23H36N6O.HI/c1-24-23(25-15-19-17-26(2)13-14-27(19)3)29-16-18(20-7-4-5-8-21(20)29)10-12-28-11-6-9-22(28)30;/h4-5,7-8,18-19H,6,9-17H2,1-3H3,(H,24,25);1H. The van der Waals surface area contributed by atoms with Crippen molar-refractivity contribution < 1.29 is 4.79 Å². The lowest BCUT2D eigenvalue weighted by Gasteiger charge is -2.38. The van der Waals surface area contributed by atoms with Crippen molar-refractivity contribution in [1.29, 1.82) is 0 Å². The molecule has 1 aromatic rings. The normalized spacial score (nSPS) is 25.0. The molecule has 3 heterocycles. The molecule has 3 aliphatic heterocycles. The average molecular weight is 540 g/mol. The molecule has 0 bridgehead atoms. The smallest absolute Gasteiger partial charge is 0.222 e. The van der Waals surface area contributed by atoms with Crippen LogP contribution >= 0.6 is 24.0 Å². The van der Waals surface area contributed by atoms with E-state index in [1.807, 2.05) is 11.9 Å². The number of aliphatic imine (C=N–C) groups is 1. The molecular formula is C23H37IN6O. The predicted octanol–water partition coefficient (Wildman–Crippen LogP) is 2.04. The number of hydrogen-bond acceptors (Lipinski definition) is 4. The number of hydrogen-bond donors (Lipinski definition) is 1. The maximum atomic E-state index is 12.0. The van der Waals surface area contributed by atoms with Gasteiger partial charge in [-0.25, -0.2) is 0 Å². The van der Waals surface area contributed by atoms with E-state index in [2.05, 4.69) is 63.4 Å². The number of likely N-dealkylation sites (tertiary alicyclic amines) is 1. The molecule has 2 unspecified atom stereocenters. The molecule has 4 rings (SSSR count). The first-order valence-corrected chi connectivity index (χ1v) is 11.3. The highest BCUT2D eigenvalue weighted by Crippen LogP contribution is 2.38. The third-order valence-corrected chi connectivity index (χ3v) is 6.93. The Labute approximate surface area is 203 Å². The summed E-state index contributed by atoms with van der Waals surface area (Å²) in [5.74, 6) is 1.69. The van der Waals surface area contributed by atoms with Crippen molar-refractivity contribution in [3.8, 4) is 0 Å². The molecule has 8 heteroatoms. The van der Waals surface area contributed by atoms with Crippen molar-refractivity contribution in [3.63, 3.8) is 0 Å². The van der Waals surface area contributed by atoms with Gasteiger partial charge in [0.25, 0.3) is 0 Å². The van der Waals surface area contributed by atoms with Gasteiger partial charge in [-0.2, -0.15) is 0 Å². The molecule has 31 heavy (non-hydrogen) atoms. The van der Waals surface area contributed by atoms with Gasteiger partial charge in [0, 0.05) is 76.9 Å². The molecule has 7 nitrogen and oxygen atoms in total. The van der Waals surface area contributed by atoms with Crippen LogP contribution in [0.5, 0.6) is 0 Å². The lowest BCUT2D eigenvalue weighted by molar-refractivity contribution is -0.127. The Morgan fingerprint density at radius 3 is 2.71 bits per heavy atom. The summed E-state index contributed by atoms with van der Waals surface area (Å²) >= 11 is 0. The number of rotatable bonds is 5. The van der Waals surface area contributed by atoms with Crippen molar-refractivity contribution in [2.75, 3.05) is 71.9 Å². The van der Waals surface area contributed by atoms with Gasteiger partial charge in [0.1, 0.15) is 0 Å². The number of anilines is 1. The van der Waals surface area contributed by atoms with Crippen molar-refractivity contribution in [1.82, 2.24) is 20.0 Å². The van der Waals surface area contributed by atoms with E-state index in [-0.39, 0.29) is 24.0 Å². The summed E-state index contributed by atoms with van der Waals surface area (Å²) in [6.45, 7) is 6.89. The molecule has 2 atom stereocenters. The lowest BCUT2D eigenvalue weighted by Crippen LogP contribution is -2.55. The summed E-state index contributed by atoms with van der Waals surface area (Å²) in [7, 11) is 6.28. The van der Waals surface area contributed by atoms with Crippen LogP contribution in [0.1, 0.15) is 30.7 Å². The van der Waals surface area contributed by atoms with E-state index >= 15 is 0 Å². The third-order valence-electron chi connectivity index (χ3n) is 6.93. The maximum Gasteiger partial charge on any atom is 0.222 e. The Balaban J connectivity index is 0.00000272. The summed E-state index contributed by atoms with van der Waals surface area (Å²) in [5.41, 5.74) is 2.62. The number of nitrogens with one attached hydrogen (secondary N) is 1. The zero-order chi connectivity index (χ0) is 21.1. The van der Waals surface area contributed by atoms with Crippen molar-refractivity contribution in [2.24, 2.45) is 4.99 Å². The van der Waals surface area contributed by atoms with Crippen LogP contribution in [0.2, 0.25) is 0 Å². The van der Waals surface area contributed by atoms with Gasteiger partial charge in [-0.3, -0.25) is 14.7 Å². The van der Waals surface area contributed by atoms with Crippen LogP contribution in [0.15, 0.2) is 29.3 Å². The van der Waals surface area contributed by atoms with Gasteiger partial charge in [0.2, 0.25) is 5.91 Å².